The highest BCUT2D eigenvalue weighted by atomic mass is 16.4. The number of rotatable bonds is 4. The molecule has 17 heavy (non-hydrogen) atoms. The molecule has 3 N–H and O–H groups in total. The second kappa shape index (κ2) is 4.64. The molecule has 5 nitrogen and oxygen atoms in total. The minimum Gasteiger partial charge on any atom is -0.480 e. The predicted molar refractivity (Wildman–Crippen MR) is 62.4 cm³/mol. The van der Waals surface area contributed by atoms with Gasteiger partial charge in [0, 0.05) is 6.04 Å². The van der Waals surface area contributed by atoms with Crippen LogP contribution < -0.4 is 5.73 Å². The van der Waals surface area contributed by atoms with Crippen LogP contribution >= 0.6 is 0 Å². The van der Waals surface area contributed by atoms with Crippen LogP contribution in [0.1, 0.15) is 44.9 Å². The van der Waals surface area contributed by atoms with Crippen molar-refractivity contribution >= 4 is 11.9 Å². The van der Waals surface area contributed by atoms with Gasteiger partial charge in [-0.25, -0.2) is 0 Å². The fourth-order valence-electron chi connectivity index (χ4n) is 2.58. The van der Waals surface area contributed by atoms with E-state index in [1.807, 2.05) is 0 Å². The topological polar surface area (TPSA) is 83.6 Å². The molecule has 0 aliphatic heterocycles. The summed E-state index contributed by atoms with van der Waals surface area (Å²) in [7, 11) is 0. The third-order valence-corrected chi connectivity index (χ3v) is 3.73. The molecule has 0 aromatic heterocycles. The van der Waals surface area contributed by atoms with E-state index in [0.717, 1.165) is 32.1 Å². The molecule has 2 aliphatic rings. The number of hydrogen-bond donors (Lipinski definition) is 2. The number of nitrogens with zero attached hydrogens (tertiary/aromatic N) is 1. The van der Waals surface area contributed by atoms with Crippen molar-refractivity contribution in [1.29, 1.82) is 0 Å². The van der Waals surface area contributed by atoms with Crippen molar-refractivity contribution in [2.75, 3.05) is 6.54 Å². The zero-order valence-electron chi connectivity index (χ0n) is 10.0. The highest BCUT2D eigenvalue weighted by Gasteiger charge is 2.43. The van der Waals surface area contributed by atoms with Crippen LogP contribution in [0.15, 0.2) is 0 Å². The van der Waals surface area contributed by atoms with Gasteiger partial charge in [0.25, 0.3) is 0 Å². The number of carboxylic acids is 1. The summed E-state index contributed by atoms with van der Waals surface area (Å²) < 4.78 is 0. The first kappa shape index (κ1) is 12.4. The van der Waals surface area contributed by atoms with Crippen LogP contribution in [0.25, 0.3) is 0 Å². The Morgan fingerprint density at radius 2 is 1.82 bits per heavy atom. The Morgan fingerprint density at radius 3 is 2.29 bits per heavy atom. The van der Waals surface area contributed by atoms with Gasteiger partial charge in [0.15, 0.2) is 0 Å². The van der Waals surface area contributed by atoms with E-state index in [1.165, 1.54) is 4.90 Å². The second-order valence-electron chi connectivity index (χ2n) is 5.27. The van der Waals surface area contributed by atoms with Gasteiger partial charge in [-0.1, -0.05) is 19.3 Å². The third-order valence-electron chi connectivity index (χ3n) is 3.73. The Kier molecular flexibility index (Phi) is 3.38. The van der Waals surface area contributed by atoms with E-state index in [0.29, 0.717) is 12.8 Å². The van der Waals surface area contributed by atoms with Crippen molar-refractivity contribution in [3.63, 3.8) is 0 Å². The van der Waals surface area contributed by atoms with Gasteiger partial charge in [0.05, 0.1) is 5.54 Å². The van der Waals surface area contributed by atoms with E-state index in [9.17, 15) is 9.59 Å². The number of nitrogens with two attached hydrogens (primary N) is 1. The maximum absolute atomic E-state index is 12.4. The molecule has 0 heterocycles. The monoisotopic (exact) mass is 240 g/mol. The van der Waals surface area contributed by atoms with Crippen LogP contribution in [0.4, 0.5) is 0 Å². The van der Waals surface area contributed by atoms with Crippen molar-refractivity contribution in [3.8, 4) is 0 Å². The van der Waals surface area contributed by atoms with Crippen LogP contribution in [0.5, 0.6) is 0 Å². The molecular formula is C12H20N2O3. The van der Waals surface area contributed by atoms with Gasteiger partial charge in [-0.05, 0) is 25.7 Å². The van der Waals surface area contributed by atoms with Crippen LogP contribution in [-0.4, -0.2) is 40.0 Å². The molecule has 0 aromatic rings. The lowest BCUT2D eigenvalue weighted by Crippen LogP contribution is -2.57. The fraction of sp³-hybridized carbons (Fsp3) is 0.833. The lowest BCUT2D eigenvalue weighted by atomic mass is 9.81. The van der Waals surface area contributed by atoms with Gasteiger partial charge in [0.2, 0.25) is 5.91 Å². The standard InChI is InChI=1S/C12H20N2O3/c13-12(6-2-1-3-7-12)11(17)14(8-10(15)16)9-4-5-9/h9H,1-8,13H2,(H,15,16). The van der Waals surface area contributed by atoms with Gasteiger partial charge in [-0.15, -0.1) is 0 Å². The van der Waals surface area contributed by atoms with Crippen LogP contribution in [-0.2, 0) is 9.59 Å². The molecule has 2 fully saturated rings. The lowest BCUT2D eigenvalue weighted by Gasteiger charge is -2.36. The lowest BCUT2D eigenvalue weighted by molar-refractivity contribution is -0.148. The van der Waals surface area contributed by atoms with Gasteiger partial charge < -0.3 is 15.7 Å². The quantitative estimate of drug-likeness (QED) is 0.758. The number of aliphatic carboxylic acids is 1. The normalized spacial score (nSPS) is 23.1. The van der Waals surface area contributed by atoms with Crippen molar-refractivity contribution in [2.24, 2.45) is 5.73 Å². The Morgan fingerprint density at radius 1 is 1.24 bits per heavy atom. The molecule has 2 rings (SSSR count). The van der Waals surface area contributed by atoms with E-state index in [1.54, 1.807) is 0 Å². The minimum atomic E-state index is -0.954. The summed E-state index contributed by atoms with van der Waals surface area (Å²) in [6.45, 7) is -0.206. The SMILES string of the molecule is NC1(C(=O)N(CC(=O)O)C2CC2)CCCCC1. The van der Waals surface area contributed by atoms with Crippen molar-refractivity contribution in [2.45, 2.75) is 56.5 Å². The zero-order valence-corrected chi connectivity index (χ0v) is 10.0. The van der Waals surface area contributed by atoms with Crippen molar-refractivity contribution in [3.05, 3.63) is 0 Å². The first-order valence-electron chi connectivity index (χ1n) is 6.35. The Hall–Kier alpha value is -1.10. The number of amides is 1. The summed E-state index contributed by atoms with van der Waals surface area (Å²) in [6, 6.07) is 0.112. The molecule has 0 spiro atoms. The average molecular weight is 240 g/mol. The maximum atomic E-state index is 12.4. The molecule has 0 unspecified atom stereocenters. The first-order chi connectivity index (χ1) is 8.03. The van der Waals surface area contributed by atoms with Crippen molar-refractivity contribution in [1.82, 2.24) is 4.90 Å². The highest BCUT2D eigenvalue weighted by molar-refractivity contribution is 5.89. The second-order valence-corrected chi connectivity index (χ2v) is 5.27. The van der Waals surface area contributed by atoms with Crippen molar-refractivity contribution < 1.29 is 14.7 Å². The first-order valence-corrected chi connectivity index (χ1v) is 6.35. The third kappa shape index (κ3) is 2.77. The Bertz CT molecular complexity index is 320. The molecule has 0 aromatic carbocycles. The Balaban J connectivity index is 2.06. The molecule has 5 heteroatoms. The highest BCUT2D eigenvalue weighted by Crippen LogP contribution is 2.33. The largest absolute Gasteiger partial charge is 0.480 e. The van der Waals surface area contributed by atoms with Gasteiger partial charge in [-0.3, -0.25) is 9.59 Å². The van der Waals surface area contributed by atoms with E-state index in [4.69, 9.17) is 10.8 Å². The summed E-state index contributed by atoms with van der Waals surface area (Å²) in [5, 5.41) is 8.86. The molecule has 2 saturated carbocycles. The maximum Gasteiger partial charge on any atom is 0.323 e. The van der Waals surface area contributed by atoms with Gasteiger partial charge in [0.1, 0.15) is 6.54 Å². The van der Waals surface area contributed by atoms with Crippen LogP contribution in [0.3, 0.4) is 0 Å². The predicted octanol–water partition coefficient (Wildman–Crippen LogP) is 0.724. The molecule has 0 bridgehead atoms. The van der Waals surface area contributed by atoms with Gasteiger partial charge >= 0.3 is 5.97 Å². The van der Waals surface area contributed by atoms with E-state index in [-0.39, 0.29) is 18.5 Å². The van der Waals surface area contributed by atoms with Crippen LogP contribution in [0, 0.1) is 0 Å². The molecule has 0 atom stereocenters. The Labute approximate surface area is 101 Å². The molecular weight excluding hydrogens is 220 g/mol. The average Bonchev–Trinajstić information content (AvgIpc) is 3.09. The molecule has 96 valence electrons. The summed E-state index contributed by atoms with van der Waals surface area (Å²) in [6.07, 6.45) is 6.25. The smallest absolute Gasteiger partial charge is 0.323 e. The number of carboxylic acid groups (broad SMARTS) is 1. The zero-order chi connectivity index (χ0) is 12.5. The van der Waals surface area contributed by atoms with E-state index < -0.39 is 11.5 Å². The fourth-order valence-corrected chi connectivity index (χ4v) is 2.58. The molecule has 0 saturated heterocycles. The molecule has 1 amide bonds. The molecule has 2 aliphatic carbocycles. The number of hydrogen-bond acceptors (Lipinski definition) is 3. The van der Waals surface area contributed by atoms with Crippen LogP contribution in [0.2, 0.25) is 0 Å². The number of carbonyl (C=O) groups excluding carboxylic acids is 1. The van der Waals surface area contributed by atoms with Gasteiger partial charge in [-0.2, -0.15) is 0 Å². The molecule has 0 radical (unpaired) electrons. The number of carbonyl (C=O) groups is 2. The summed E-state index contributed by atoms with van der Waals surface area (Å²) >= 11 is 0. The summed E-state index contributed by atoms with van der Waals surface area (Å²) in [4.78, 5) is 24.7. The summed E-state index contributed by atoms with van der Waals surface area (Å²) in [5.74, 6) is -1.10. The minimum absolute atomic E-state index is 0.112. The van der Waals surface area contributed by atoms with E-state index >= 15 is 0 Å². The van der Waals surface area contributed by atoms with E-state index in [2.05, 4.69) is 0 Å². The summed E-state index contributed by atoms with van der Waals surface area (Å²) in [5.41, 5.74) is 5.35.